The minimum atomic E-state index is -2.10. The fraction of sp³-hybridized carbons (Fsp3) is 0.136. The molecule has 8 nitrogen and oxygen atoms in total. The molecule has 4 rings (SSSR count). The first-order chi connectivity index (χ1) is 15.0. The summed E-state index contributed by atoms with van der Waals surface area (Å²) in [4.78, 5) is 37.6. The fourth-order valence-electron chi connectivity index (χ4n) is 3.54. The van der Waals surface area contributed by atoms with Gasteiger partial charge < -0.3 is 24.2 Å². The van der Waals surface area contributed by atoms with Crippen LogP contribution in [0.4, 0.5) is 0 Å². The highest BCUT2D eigenvalue weighted by atomic mass is 35.5. The van der Waals surface area contributed by atoms with Crippen molar-refractivity contribution in [2.45, 2.75) is 19.8 Å². The second-order valence-electron chi connectivity index (χ2n) is 7.27. The summed E-state index contributed by atoms with van der Waals surface area (Å²) in [5, 5.41) is 31.8. The number of aliphatic carboxylic acids is 1. The maximum Gasteiger partial charge on any atom is 0.344 e. The van der Waals surface area contributed by atoms with Crippen molar-refractivity contribution in [2.75, 3.05) is 0 Å². The number of rotatable bonds is 3. The van der Waals surface area contributed by atoms with E-state index in [0.29, 0.717) is 11.1 Å². The monoisotopic (exact) mass is 476 g/mol. The molecule has 0 radical (unpaired) electrons. The van der Waals surface area contributed by atoms with E-state index < -0.39 is 45.8 Å². The zero-order valence-corrected chi connectivity index (χ0v) is 18.0. The number of carbonyl (C=O) groups is 1. The topological polar surface area (TPSA) is 138 Å². The summed E-state index contributed by atoms with van der Waals surface area (Å²) >= 11 is 12.2. The number of fused-ring (bicyclic) bond motifs is 2. The lowest BCUT2D eigenvalue weighted by Gasteiger charge is -2.16. The van der Waals surface area contributed by atoms with E-state index in [1.165, 1.54) is 24.3 Å². The summed E-state index contributed by atoms with van der Waals surface area (Å²) in [5.41, 5.74) is -2.86. The Balaban J connectivity index is 2.10. The molecule has 0 aliphatic rings. The highest BCUT2D eigenvalue weighted by Gasteiger charge is 2.36. The maximum absolute atomic E-state index is 12.7. The van der Waals surface area contributed by atoms with Crippen LogP contribution in [0.25, 0.3) is 21.9 Å². The molecule has 0 fully saturated rings. The van der Waals surface area contributed by atoms with Gasteiger partial charge in [0.25, 0.3) is 0 Å². The van der Waals surface area contributed by atoms with Gasteiger partial charge in [0.1, 0.15) is 28.6 Å². The largest absolute Gasteiger partial charge is 0.507 e. The Morgan fingerprint density at radius 3 is 1.53 bits per heavy atom. The highest BCUT2D eigenvalue weighted by molar-refractivity contribution is 6.32. The summed E-state index contributed by atoms with van der Waals surface area (Å²) in [7, 11) is 0. The molecule has 2 aromatic heterocycles. The predicted octanol–water partition coefficient (Wildman–Crippen LogP) is 4.45. The molecule has 0 bridgehead atoms. The van der Waals surface area contributed by atoms with Gasteiger partial charge in [-0.1, -0.05) is 23.2 Å². The number of aromatic hydroxyl groups is 2. The lowest BCUT2D eigenvalue weighted by Crippen LogP contribution is -2.26. The number of carboxylic acids is 1. The van der Waals surface area contributed by atoms with Gasteiger partial charge >= 0.3 is 17.2 Å². The van der Waals surface area contributed by atoms with E-state index in [2.05, 4.69) is 0 Å². The minimum absolute atomic E-state index is 0.0284. The van der Waals surface area contributed by atoms with Crippen LogP contribution in [0.1, 0.15) is 28.2 Å². The summed E-state index contributed by atoms with van der Waals surface area (Å²) in [5.74, 6) is -5.29. The average Bonchev–Trinajstić information content (AvgIpc) is 2.70. The van der Waals surface area contributed by atoms with Gasteiger partial charge in [0.05, 0.1) is 21.9 Å². The first-order valence-electron chi connectivity index (χ1n) is 9.15. The number of hydrogen-bond donors (Lipinski definition) is 3. The summed E-state index contributed by atoms with van der Waals surface area (Å²) in [6, 6.07) is 5.42. The number of aryl methyl sites for hydroxylation is 2. The number of halogens is 2. The van der Waals surface area contributed by atoms with Gasteiger partial charge in [-0.3, -0.25) is 4.79 Å². The molecule has 3 N–H and O–H groups in total. The summed E-state index contributed by atoms with van der Waals surface area (Å²) in [6.45, 7) is 3.30. The van der Waals surface area contributed by atoms with E-state index in [0.717, 1.165) is 0 Å². The molecule has 32 heavy (non-hydrogen) atoms. The van der Waals surface area contributed by atoms with Crippen molar-refractivity contribution >= 4 is 51.1 Å². The first kappa shape index (κ1) is 21.7. The minimum Gasteiger partial charge on any atom is -0.507 e. The van der Waals surface area contributed by atoms with E-state index >= 15 is 0 Å². The molecule has 4 aromatic rings. The lowest BCUT2D eigenvalue weighted by molar-refractivity contribution is -0.137. The molecular formula is C22H14Cl2O8. The Morgan fingerprint density at radius 2 is 1.19 bits per heavy atom. The van der Waals surface area contributed by atoms with E-state index in [4.69, 9.17) is 32.0 Å². The molecule has 2 heterocycles. The van der Waals surface area contributed by atoms with E-state index in [1.807, 2.05) is 0 Å². The Hall–Kier alpha value is -3.49. The van der Waals surface area contributed by atoms with E-state index in [-0.39, 0.29) is 32.0 Å². The molecule has 2 aromatic carbocycles. The Kier molecular flexibility index (Phi) is 5.15. The second kappa shape index (κ2) is 7.58. The molecule has 0 aliphatic heterocycles. The van der Waals surface area contributed by atoms with Gasteiger partial charge in [0.15, 0.2) is 0 Å². The molecular weight excluding hydrogens is 463 g/mol. The van der Waals surface area contributed by atoms with E-state index in [1.54, 1.807) is 13.8 Å². The standard InChI is InChI=1S/C22H14Cl2O8/c1-7-3-13-9(5-11(7)23)18(25)16(21(29)31-13)15(20(27)28)17-19(26)10-6-12(24)8(2)4-14(10)32-22(17)30/h3-6,15,25-26H,1-2H3,(H,27,28). The van der Waals surface area contributed by atoms with Gasteiger partial charge in [0, 0.05) is 10.0 Å². The van der Waals surface area contributed by atoms with Crippen LogP contribution in [-0.4, -0.2) is 21.3 Å². The Morgan fingerprint density at radius 1 is 0.812 bits per heavy atom. The van der Waals surface area contributed by atoms with Crippen molar-refractivity contribution in [1.82, 2.24) is 0 Å². The van der Waals surface area contributed by atoms with Crippen LogP contribution >= 0.6 is 23.2 Å². The molecule has 10 heteroatoms. The summed E-state index contributed by atoms with van der Waals surface area (Å²) in [6.07, 6.45) is 0. The van der Waals surface area contributed by atoms with Crippen LogP contribution in [-0.2, 0) is 4.79 Å². The Bertz CT molecular complexity index is 1450. The lowest BCUT2D eigenvalue weighted by atomic mass is 9.90. The fourth-order valence-corrected chi connectivity index (χ4v) is 3.87. The van der Waals surface area contributed by atoms with E-state index in [9.17, 15) is 29.7 Å². The van der Waals surface area contributed by atoms with Crippen molar-refractivity contribution in [3.05, 3.63) is 77.4 Å². The van der Waals surface area contributed by atoms with Gasteiger partial charge in [-0.25, -0.2) is 9.59 Å². The number of carboxylic acid groups (broad SMARTS) is 1. The van der Waals surface area contributed by atoms with Crippen LogP contribution in [0.3, 0.4) is 0 Å². The van der Waals surface area contributed by atoms with Crippen molar-refractivity contribution in [1.29, 1.82) is 0 Å². The molecule has 0 amide bonds. The zero-order chi connectivity index (χ0) is 23.5. The Labute approximate surface area is 188 Å². The smallest absolute Gasteiger partial charge is 0.344 e. The molecule has 0 atom stereocenters. The van der Waals surface area contributed by atoms with Crippen LogP contribution in [0.2, 0.25) is 10.0 Å². The van der Waals surface area contributed by atoms with Gasteiger partial charge in [0.2, 0.25) is 0 Å². The number of hydrogen-bond acceptors (Lipinski definition) is 7. The molecule has 0 saturated carbocycles. The molecule has 0 aliphatic carbocycles. The molecule has 0 spiro atoms. The van der Waals surface area contributed by atoms with Crippen LogP contribution in [0, 0.1) is 13.8 Å². The van der Waals surface area contributed by atoms with Gasteiger partial charge in [-0.15, -0.1) is 0 Å². The third-order valence-corrected chi connectivity index (χ3v) is 6.03. The van der Waals surface area contributed by atoms with Crippen molar-refractivity contribution in [2.24, 2.45) is 0 Å². The molecule has 0 saturated heterocycles. The third kappa shape index (κ3) is 3.28. The molecule has 164 valence electrons. The van der Waals surface area contributed by atoms with Crippen molar-refractivity contribution in [3.8, 4) is 11.5 Å². The summed E-state index contributed by atoms with van der Waals surface area (Å²) < 4.78 is 10.4. The maximum atomic E-state index is 12.7. The van der Waals surface area contributed by atoms with Crippen LogP contribution in [0.5, 0.6) is 11.5 Å². The quantitative estimate of drug-likeness (QED) is 0.368. The van der Waals surface area contributed by atoms with Crippen molar-refractivity contribution < 1.29 is 28.9 Å². The van der Waals surface area contributed by atoms with Gasteiger partial charge in [-0.05, 0) is 49.2 Å². The predicted molar refractivity (Wildman–Crippen MR) is 117 cm³/mol. The zero-order valence-electron chi connectivity index (χ0n) is 16.5. The van der Waals surface area contributed by atoms with Crippen LogP contribution < -0.4 is 11.3 Å². The SMILES string of the molecule is Cc1cc2oc(=O)c(C(C(=O)O)c3c(O)c4cc(Cl)c(C)cc4oc3=O)c(O)c2cc1Cl. The third-order valence-electron chi connectivity index (χ3n) is 5.21. The molecule has 0 unspecified atom stereocenters. The highest BCUT2D eigenvalue weighted by Crippen LogP contribution is 2.40. The van der Waals surface area contributed by atoms with Crippen molar-refractivity contribution in [3.63, 3.8) is 0 Å². The first-order valence-corrected chi connectivity index (χ1v) is 9.91. The van der Waals surface area contributed by atoms with Crippen LogP contribution in [0.15, 0.2) is 42.7 Å². The average molecular weight is 477 g/mol. The number of benzene rings is 2. The normalized spacial score (nSPS) is 11.5. The van der Waals surface area contributed by atoms with Gasteiger partial charge in [-0.2, -0.15) is 0 Å². The second-order valence-corrected chi connectivity index (χ2v) is 8.08.